The average molecular weight is 270 g/mol. The molecular formula is C11H6CrO3S. The van der Waals surface area contributed by atoms with E-state index in [-0.39, 0.29) is 17.4 Å². The predicted molar refractivity (Wildman–Crippen MR) is 53.6 cm³/mol. The van der Waals surface area contributed by atoms with Crippen LogP contribution >= 0.6 is 11.3 Å². The van der Waals surface area contributed by atoms with E-state index in [9.17, 15) is 0 Å². The molecule has 80 valence electrons. The molecule has 0 bridgehead atoms. The summed E-state index contributed by atoms with van der Waals surface area (Å²) in [6.07, 6.45) is 0. The Labute approximate surface area is 108 Å². The summed E-state index contributed by atoms with van der Waals surface area (Å²) in [7, 11) is 0. The summed E-state index contributed by atoms with van der Waals surface area (Å²) in [5.74, 6) is 0. The molecular weight excluding hydrogens is 264 g/mol. The molecule has 0 aliphatic rings. The van der Waals surface area contributed by atoms with Crippen LogP contribution in [0.15, 0.2) is 35.0 Å². The molecule has 0 aliphatic carbocycles. The van der Waals surface area contributed by atoms with Gasteiger partial charge in [0, 0.05) is 17.4 Å². The fourth-order valence-corrected chi connectivity index (χ4v) is 1.70. The van der Waals surface area contributed by atoms with Gasteiger partial charge >= 0.3 is 33.9 Å². The van der Waals surface area contributed by atoms with Crippen LogP contribution in [0.4, 0.5) is 0 Å². The molecule has 0 unspecified atom stereocenters. The maximum Gasteiger partial charge on any atom is 0 e. The Morgan fingerprint density at radius 3 is 1.38 bits per heavy atom. The largest absolute Gasteiger partial charge is 0.151 e. The van der Waals surface area contributed by atoms with Crippen LogP contribution in [0.2, 0.25) is 0 Å². The van der Waals surface area contributed by atoms with Gasteiger partial charge in [0.25, 0.3) is 0 Å². The molecule has 5 heteroatoms. The molecule has 2 aromatic rings. The molecule has 1 aromatic heterocycles. The summed E-state index contributed by atoms with van der Waals surface area (Å²) < 4.78 is 22.5. The van der Waals surface area contributed by atoms with Gasteiger partial charge in [0.15, 0.2) is 0 Å². The SMILES string of the molecule is [C-]#[O+].[C-]#[O+].[C-]#[O+].[Cr].c1ccc2cscc2c1. The van der Waals surface area contributed by atoms with Crippen molar-refractivity contribution in [3.05, 3.63) is 55.0 Å². The minimum Gasteiger partial charge on any atom is -0.151 e. The summed E-state index contributed by atoms with van der Waals surface area (Å²) in [5.41, 5.74) is 0. The van der Waals surface area contributed by atoms with Gasteiger partial charge in [0.1, 0.15) is 0 Å². The monoisotopic (exact) mass is 270 g/mol. The fraction of sp³-hybridized carbons (Fsp3) is 0. The van der Waals surface area contributed by atoms with Crippen molar-refractivity contribution in [3.63, 3.8) is 0 Å². The zero-order chi connectivity index (χ0) is 12.1. The second-order valence-electron chi connectivity index (χ2n) is 2.00. The molecule has 0 saturated carbocycles. The first-order valence-corrected chi connectivity index (χ1v) is 4.43. The minimum atomic E-state index is 0. The van der Waals surface area contributed by atoms with Crippen LogP contribution in [-0.4, -0.2) is 0 Å². The molecule has 3 nitrogen and oxygen atoms in total. The van der Waals surface area contributed by atoms with Crippen LogP contribution in [0.25, 0.3) is 10.8 Å². The van der Waals surface area contributed by atoms with Crippen LogP contribution in [0, 0.1) is 20.0 Å². The van der Waals surface area contributed by atoms with Gasteiger partial charge in [0.2, 0.25) is 0 Å². The Balaban J connectivity index is -0.000000214. The Morgan fingerprint density at radius 2 is 1.06 bits per heavy atom. The standard InChI is InChI=1S/C8H6S.3CO.Cr/c1-2-4-8-6-9-5-7(8)3-1;3*1-2;/h1-6H;;;;. The molecule has 1 heterocycles. The number of thiophene rings is 1. The van der Waals surface area contributed by atoms with Crippen LogP contribution < -0.4 is 0 Å². The Bertz CT molecular complexity index is 387. The van der Waals surface area contributed by atoms with Crippen molar-refractivity contribution in [2.24, 2.45) is 0 Å². The molecule has 0 saturated heterocycles. The van der Waals surface area contributed by atoms with Crippen molar-refractivity contribution in [1.82, 2.24) is 0 Å². The number of benzene rings is 1. The van der Waals surface area contributed by atoms with E-state index in [1.165, 1.54) is 10.8 Å². The normalized spacial score (nSPS) is 6.12. The first-order chi connectivity index (χ1) is 7.47. The van der Waals surface area contributed by atoms with Crippen LogP contribution in [0.1, 0.15) is 0 Å². The molecule has 0 N–H and O–H groups in total. The zero-order valence-electron chi connectivity index (χ0n) is 8.01. The van der Waals surface area contributed by atoms with Crippen molar-refractivity contribution in [3.8, 4) is 0 Å². The van der Waals surface area contributed by atoms with Crippen molar-refractivity contribution in [2.45, 2.75) is 0 Å². The third kappa shape index (κ3) is 7.25. The van der Waals surface area contributed by atoms with Crippen LogP contribution in [-0.2, 0) is 31.3 Å². The smallest absolute Gasteiger partial charge is 0 e. The molecule has 0 atom stereocenters. The Hall–Kier alpha value is -1.07. The van der Waals surface area contributed by atoms with E-state index in [2.05, 4.69) is 55.0 Å². The van der Waals surface area contributed by atoms with Gasteiger partial charge in [-0.2, -0.15) is 11.3 Å². The first-order valence-electron chi connectivity index (χ1n) is 3.49. The minimum absolute atomic E-state index is 0. The fourth-order valence-electron chi connectivity index (χ4n) is 0.906. The quantitative estimate of drug-likeness (QED) is 0.522. The van der Waals surface area contributed by atoms with Crippen molar-refractivity contribution < 1.29 is 31.3 Å². The maximum absolute atomic E-state index is 7.50. The van der Waals surface area contributed by atoms with Gasteiger partial charge in [-0.05, 0) is 21.5 Å². The number of rotatable bonds is 0. The van der Waals surface area contributed by atoms with Crippen LogP contribution in [0.5, 0.6) is 0 Å². The molecule has 0 amide bonds. The summed E-state index contributed by atoms with van der Waals surface area (Å²) in [5, 5.41) is 7.02. The van der Waals surface area contributed by atoms with Gasteiger partial charge in [-0.3, -0.25) is 0 Å². The van der Waals surface area contributed by atoms with Gasteiger partial charge < -0.3 is 0 Å². The summed E-state index contributed by atoms with van der Waals surface area (Å²) in [6.45, 7) is 13.5. The van der Waals surface area contributed by atoms with Gasteiger partial charge in [0.05, 0.1) is 0 Å². The van der Waals surface area contributed by atoms with E-state index in [0.29, 0.717) is 0 Å². The molecule has 16 heavy (non-hydrogen) atoms. The van der Waals surface area contributed by atoms with E-state index in [4.69, 9.17) is 14.0 Å². The topological polar surface area (TPSA) is 59.7 Å². The average Bonchev–Trinajstić information content (AvgIpc) is 2.85. The predicted octanol–water partition coefficient (Wildman–Crippen LogP) is 2.79. The van der Waals surface area contributed by atoms with Crippen molar-refractivity contribution in [1.29, 1.82) is 0 Å². The second-order valence-corrected chi connectivity index (χ2v) is 2.74. The maximum atomic E-state index is 7.50. The first kappa shape index (κ1) is 20.4. The Kier molecular flexibility index (Phi) is 20.8. The van der Waals surface area contributed by atoms with Crippen LogP contribution in [0.3, 0.4) is 0 Å². The third-order valence-electron chi connectivity index (χ3n) is 1.39. The summed E-state index contributed by atoms with van der Waals surface area (Å²) >= 11 is 1.75. The summed E-state index contributed by atoms with van der Waals surface area (Å²) in [4.78, 5) is 0. The molecule has 2 rings (SSSR count). The molecule has 0 aliphatic heterocycles. The number of hydrogen-bond acceptors (Lipinski definition) is 1. The van der Waals surface area contributed by atoms with Crippen molar-refractivity contribution >= 4 is 22.1 Å². The number of fused-ring (bicyclic) bond motifs is 1. The summed E-state index contributed by atoms with van der Waals surface area (Å²) in [6, 6.07) is 8.39. The van der Waals surface area contributed by atoms with E-state index in [1.807, 2.05) is 0 Å². The van der Waals surface area contributed by atoms with E-state index in [1.54, 1.807) is 11.3 Å². The van der Waals surface area contributed by atoms with Gasteiger partial charge in [-0.1, -0.05) is 24.3 Å². The van der Waals surface area contributed by atoms with Crippen molar-refractivity contribution in [2.75, 3.05) is 0 Å². The van der Waals surface area contributed by atoms with E-state index in [0.717, 1.165) is 0 Å². The number of hydrogen-bond donors (Lipinski definition) is 0. The van der Waals surface area contributed by atoms with Gasteiger partial charge in [-0.15, -0.1) is 0 Å². The third-order valence-corrected chi connectivity index (χ3v) is 2.17. The Morgan fingerprint density at radius 1 is 0.750 bits per heavy atom. The second kappa shape index (κ2) is 16.4. The zero-order valence-corrected chi connectivity index (χ0v) is 10.1. The molecule has 1 aromatic carbocycles. The molecule has 0 fully saturated rings. The van der Waals surface area contributed by atoms with E-state index >= 15 is 0 Å². The van der Waals surface area contributed by atoms with Gasteiger partial charge in [-0.25, -0.2) is 0 Å². The molecule has 0 radical (unpaired) electrons. The molecule has 0 spiro atoms. The van der Waals surface area contributed by atoms with E-state index < -0.39 is 0 Å².